The van der Waals surface area contributed by atoms with Gasteiger partial charge in [-0.25, -0.2) is 4.79 Å². The first-order valence-electron chi connectivity index (χ1n) is 7.65. The number of ether oxygens (including phenoxy) is 3. The quantitative estimate of drug-likeness (QED) is 0.611. The van der Waals surface area contributed by atoms with Gasteiger partial charge in [0.25, 0.3) is 0 Å². The van der Waals surface area contributed by atoms with Crippen LogP contribution >= 0.6 is 0 Å². The molecule has 0 saturated heterocycles. The molecule has 5 heteroatoms. The first kappa shape index (κ1) is 19.2. The Balaban J connectivity index is 2.51. The molecule has 0 aliphatic heterocycles. The standard InChI is InChI=1S/C18H27NO4/c1-18(2,3)23-17(20)19-13-9-8-11-14-10-6-7-12-15(14)16(21-4)22-5/h6-8,10-12,16H,9,13H2,1-5H3,(H,19,20). The summed E-state index contributed by atoms with van der Waals surface area (Å²) in [6, 6.07) is 7.88. The molecule has 0 unspecified atom stereocenters. The third-order valence-electron chi connectivity index (χ3n) is 2.95. The van der Waals surface area contributed by atoms with Crippen LogP contribution in [0.3, 0.4) is 0 Å². The summed E-state index contributed by atoms with van der Waals surface area (Å²) in [5.41, 5.74) is 1.51. The Morgan fingerprint density at radius 1 is 1.22 bits per heavy atom. The zero-order valence-electron chi connectivity index (χ0n) is 14.6. The second-order valence-electron chi connectivity index (χ2n) is 6.05. The largest absolute Gasteiger partial charge is 0.444 e. The molecule has 0 aliphatic carbocycles. The predicted molar refractivity (Wildman–Crippen MR) is 91.1 cm³/mol. The highest BCUT2D eigenvalue weighted by molar-refractivity contribution is 5.67. The first-order valence-corrected chi connectivity index (χ1v) is 7.65. The van der Waals surface area contributed by atoms with Crippen LogP contribution in [0, 0.1) is 0 Å². The minimum Gasteiger partial charge on any atom is -0.444 e. The molecule has 5 nitrogen and oxygen atoms in total. The van der Waals surface area contributed by atoms with Gasteiger partial charge >= 0.3 is 6.09 Å². The number of amides is 1. The number of rotatable bonds is 7. The molecule has 1 aromatic carbocycles. The lowest BCUT2D eigenvalue weighted by molar-refractivity contribution is -0.106. The van der Waals surface area contributed by atoms with Crippen LogP contribution in [-0.4, -0.2) is 32.5 Å². The Morgan fingerprint density at radius 3 is 2.48 bits per heavy atom. The topological polar surface area (TPSA) is 56.8 Å². The van der Waals surface area contributed by atoms with Crippen molar-refractivity contribution >= 4 is 12.2 Å². The van der Waals surface area contributed by atoms with Crippen molar-refractivity contribution in [3.05, 3.63) is 41.5 Å². The van der Waals surface area contributed by atoms with Crippen LogP contribution in [-0.2, 0) is 14.2 Å². The van der Waals surface area contributed by atoms with E-state index in [9.17, 15) is 4.79 Å². The Bertz CT molecular complexity index is 516. The van der Waals surface area contributed by atoms with E-state index in [1.807, 2.05) is 57.2 Å². The molecule has 0 atom stereocenters. The average molecular weight is 321 g/mol. The summed E-state index contributed by atoms with van der Waals surface area (Å²) in [5.74, 6) is 0. The van der Waals surface area contributed by atoms with Crippen molar-refractivity contribution in [3.8, 4) is 0 Å². The number of carbonyl (C=O) groups excluding carboxylic acids is 1. The van der Waals surface area contributed by atoms with Crippen LogP contribution in [0.5, 0.6) is 0 Å². The van der Waals surface area contributed by atoms with E-state index in [0.717, 1.165) is 11.1 Å². The summed E-state index contributed by atoms with van der Waals surface area (Å²) >= 11 is 0. The summed E-state index contributed by atoms with van der Waals surface area (Å²) in [4.78, 5) is 11.5. The van der Waals surface area contributed by atoms with Gasteiger partial charge in [-0.15, -0.1) is 0 Å². The van der Waals surface area contributed by atoms with Gasteiger partial charge in [0, 0.05) is 26.3 Å². The Kier molecular flexibility index (Phi) is 7.78. The molecular formula is C18H27NO4. The molecule has 23 heavy (non-hydrogen) atoms. The summed E-state index contributed by atoms with van der Waals surface area (Å²) < 4.78 is 15.8. The maximum Gasteiger partial charge on any atom is 0.407 e. The third kappa shape index (κ3) is 7.30. The molecule has 0 aliphatic rings. The van der Waals surface area contributed by atoms with Gasteiger partial charge in [0.05, 0.1) is 0 Å². The Hall–Kier alpha value is -1.85. The van der Waals surface area contributed by atoms with E-state index < -0.39 is 18.0 Å². The lowest BCUT2D eigenvalue weighted by Crippen LogP contribution is -2.32. The Labute approximate surface area is 138 Å². The molecule has 0 spiro atoms. The zero-order chi connectivity index (χ0) is 17.3. The smallest absolute Gasteiger partial charge is 0.407 e. The van der Waals surface area contributed by atoms with E-state index in [0.29, 0.717) is 13.0 Å². The number of benzene rings is 1. The molecule has 0 bridgehead atoms. The number of alkyl carbamates (subject to hydrolysis) is 1. The van der Waals surface area contributed by atoms with Gasteiger partial charge in [0.15, 0.2) is 6.29 Å². The van der Waals surface area contributed by atoms with Gasteiger partial charge in [-0.1, -0.05) is 36.4 Å². The number of carbonyl (C=O) groups is 1. The van der Waals surface area contributed by atoms with Gasteiger partial charge in [-0.2, -0.15) is 0 Å². The number of hydrogen-bond acceptors (Lipinski definition) is 4. The second-order valence-corrected chi connectivity index (χ2v) is 6.05. The maximum atomic E-state index is 11.5. The predicted octanol–water partition coefficient (Wildman–Crippen LogP) is 3.91. The van der Waals surface area contributed by atoms with Gasteiger partial charge < -0.3 is 19.5 Å². The summed E-state index contributed by atoms with van der Waals surface area (Å²) in [5, 5.41) is 2.72. The van der Waals surface area contributed by atoms with Crippen LogP contribution in [0.25, 0.3) is 6.08 Å². The first-order chi connectivity index (χ1) is 10.9. The molecule has 1 rings (SSSR count). The van der Waals surface area contributed by atoms with E-state index in [-0.39, 0.29) is 0 Å². The van der Waals surface area contributed by atoms with E-state index in [1.165, 1.54) is 0 Å². The highest BCUT2D eigenvalue weighted by Gasteiger charge is 2.15. The Morgan fingerprint density at radius 2 is 1.87 bits per heavy atom. The molecule has 0 fully saturated rings. The molecule has 128 valence electrons. The average Bonchev–Trinajstić information content (AvgIpc) is 2.47. The number of hydrogen-bond donors (Lipinski definition) is 1. The highest BCUT2D eigenvalue weighted by Crippen LogP contribution is 2.22. The molecule has 1 N–H and O–H groups in total. The molecule has 1 aromatic rings. The zero-order valence-corrected chi connectivity index (χ0v) is 14.6. The molecule has 1 amide bonds. The number of nitrogens with one attached hydrogen (secondary N) is 1. The van der Waals surface area contributed by atoms with Gasteiger partial charge in [-0.3, -0.25) is 0 Å². The van der Waals surface area contributed by atoms with E-state index in [1.54, 1.807) is 14.2 Å². The monoisotopic (exact) mass is 321 g/mol. The van der Waals surface area contributed by atoms with E-state index >= 15 is 0 Å². The van der Waals surface area contributed by atoms with E-state index in [4.69, 9.17) is 14.2 Å². The number of methoxy groups -OCH3 is 2. The fourth-order valence-electron chi connectivity index (χ4n) is 2.01. The fraction of sp³-hybridized carbons (Fsp3) is 0.500. The SMILES string of the molecule is COC(OC)c1ccccc1C=CCCNC(=O)OC(C)(C)C. The highest BCUT2D eigenvalue weighted by atomic mass is 16.7. The van der Waals surface area contributed by atoms with Crippen LogP contribution in [0.2, 0.25) is 0 Å². The summed E-state index contributed by atoms with van der Waals surface area (Å²) in [6.07, 6.45) is 3.91. The third-order valence-corrected chi connectivity index (χ3v) is 2.95. The normalized spacial score (nSPS) is 11.9. The summed E-state index contributed by atoms with van der Waals surface area (Å²) in [6.45, 7) is 6.04. The maximum absolute atomic E-state index is 11.5. The van der Waals surface area contributed by atoms with Crippen LogP contribution in [0.15, 0.2) is 30.3 Å². The van der Waals surface area contributed by atoms with Crippen molar-refractivity contribution in [2.75, 3.05) is 20.8 Å². The van der Waals surface area contributed by atoms with Crippen LogP contribution < -0.4 is 5.32 Å². The van der Waals surface area contributed by atoms with Crippen LogP contribution in [0.1, 0.15) is 44.6 Å². The van der Waals surface area contributed by atoms with Crippen molar-refractivity contribution in [1.82, 2.24) is 5.32 Å². The van der Waals surface area contributed by atoms with Crippen LogP contribution in [0.4, 0.5) is 4.79 Å². The lowest BCUT2D eigenvalue weighted by atomic mass is 10.1. The molecule has 0 aromatic heterocycles. The van der Waals surface area contributed by atoms with Crippen molar-refractivity contribution in [3.63, 3.8) is 0 Å². The second kappa shape index (κ2) is 9.33. The lowest BCUT2D eigenvalue weighted by Gasteiger charge is -2.19. The van der Waals surface area contributed by atoms with Crippen molar-refractivity contribution < 1.29 is 19.0 Å². The molecule has 0 saturated carbocycles. The fourth-order valence-corrected chi connectivity index (χ4v) is 2.01. The van der Waals surface area contributed by atoms with Crippen molar-refractivity contribution in [2.45, 2.75) is 39.1 Å². The minimum atomic E-state index is -0.478. The molecule has 0 heterocycles. The molecule has 0 radical (unpaired) electrons. The van der Waals surface area contributed by atoms with Gasteiger partial charge in [-0.05, 0) is 32.8 Å². The minimum absolute atomic E-state index is 0.393. The molecular weight excluding hydrogens is 294 g/mol. The summed E-state index contributed by atoms with van der Waals surface area (Å²) in [7, 11) is 3.22. The van der Waals surface area contributed by atoms with Crippen molar-refractivity contribution in [2.24, 2.45) is 0 Å². The van der Waals surface area contributed by atoms with E-state index in [2.05, 4.69) is 5.32 Å². The van der Waals surface area contributed by atoms with Gasteiger partial charge in [0.1, 0.15) is 5.60 Å². The van der Waals surface area contributed by atoms with Crippen molar-refractivity contribution in [1.29, 1.82) is 0 Å². The van der Waals surface area contributed by atoms with Gasteiger partial charge in [0.2, 0.25) is 0 Å².